The van der Waals surface area contributed by atoms with Gasteiger partial charge in [0.05, 0.1) is 17.1 Å². The van der Waals surface area contributed by atoms with E-state index in [-0.39, 0.29) is 11.9 Å². The lowest BCUT2D eigenvalue weighted by Gasteiger charge is -2.26. The Morgan fingerprint density at radius 1 is 1.21 bits per heavy atom. The molecule has 0 saturated carbocycles. The fourth-order valence-corrected chi connectivity index (χ4v) is 3.60. The van der Waals surface area contributed by atoms with Gasteiger partial charge in [-0.1, -0.05) is 29.8 Å². The van der Waals surface area contributed by atoms with Crippen molar-refractivity contribution in [2.45, 2.75) is 19.5 Å². The van der Waals surface area contributed by atoms with Crippen LogP contribution in [0.25, 0.3) is 11.0 Å². The second-order valence-electron chi connectivity index (χ2n) is 6.95. The molecule has 0 radical (unpaired) electrons. The number of nitrogens with zero attached hydrogens (tertiary/aromatic N) is 2. The molecule has 2 aromatic carbocycles. The molecule has 0 fully saturated rings. The summed E-state index contributed by atoms with van der Waals surface area (Å²) in [5.41, 5.74) is 1.03. The summed E-state index contributed by atoms with van der Waals surface area (Å²) in [5, 5.41) is 3.57. The van der Waals surface area contributed by atoms with Gasteiger partial charge in [0.15, 0.2) is 0 Å². The maximum absolute atomic E-state index is 12.7. The molecule has 0 aliphatic heterocycles. The summed E-state index contributed by atoms with van der Waals surface area (Å²) in [4.78, 5) is 41.1. The number of halogens is 1. The lowest BCUT2D eigenvalue weighted by Crippen LogP contribution is -2.36. The van der Waals surface area contributed by atoms with Gasteiger partial charge in [-0.2, -0.15) is 0 Å². The van der Waals surface area contributed by atoms with E-state index in [2.05, 4.69) is 10.3 Å². The molecule has 0 aliphatic rings. The normalized spacial score (nSPS) is 12.3. The second-order valence-corrected chi connectivity index (χ2v) is 7.35. The van der Waals surface area contributed by atoms with Crippen molar-refractivity contribution in [1.82, 2.24) is 19.8 Å². The minimum Gasteiger partial charge on any atom is -0.350 e. The van der Waals surface area contributed by atoms with E-state index in [1.54, 1.807) is 25.1 Å². The fourth-order valence-electron chi connectivity index (χ4n) is 3.34. The number of aryl methyl sites for hydroxylation is 1. The highest BCUT2D eigenvalue weighted by atomic mass is 35.5. The highest BCUT2D eigenvalue weighted by Crippen LogP contribution is 2.25. The summed E-state index contributed by atoms with van der Waals surface area (Å²) < 4.78 is 1.38. The molecule has 0 bridgehead atoms. The Bertz CT molecular complexity index is 1170. The highest BCUT2D eigenvalue weighted by molar-refractivity contribution is 6.31. The van der Waals surface area contributed by atoms with Crippen LogP contribution < -0.4 is 16.4 Å². The maximum atomic E-state index is 12.7. The molecule has 7 nitrogen and oxygen atoms in total. The van der Waals surface area contributed by atoms with Crippen molar-refractivity contribution in [1.29, 1.82) is 0 Å². The molecule has 29 heavy (non-hydrogen) atoms. The van der Waals surface area contributed by atoms with Crippen molar-refractivity contribution in [2.75, 3.05) is 20.6 Å². The number of aromatic nitrogens is 2. The Morgan fingerprint density at radius 2 is 1.93 bits per heavy atom. The van der Waals surface area contributed by atoms with Crippen LogP contribution in [0.4, 0.5) is 0 Å². The third-order valence-corrected chi connectivity index (χ3v) is 5.24. The number of amides is 1. The number of rotatable bonds is 6. The molecule has 152 valence electrons. The Balaban J connectivity index is 1.86. The molecular formula is C21H23ClN4O3. The average Bonchev–Trinajstić information content (AvgIpc) is 2.69. The number of aromatic amines is 1. The smallest absolute Gasteiger partial charge is 0.316 e. The minimum absolute atomic E-state index is 0.0989. The van der Waals surface area contributed by atoms with Crippen molar-refractivity contribution >= 4 is 28.5 Å². The molecule has 1 unspecified atom stereocenters. The van der Waals surface area contributed by atoms with Crippen LogP contribution in [0, 0.1) is 0 Å². The van der Waals surface area contributed by atoms with Gasteiger partial charge in [-0.05, 0) is 50.8 Å². The van der Waals surface area contributed by atoms with Crippen LogP contribution in [0.1, 0.15) is 28.9 Å². The fraction of sp³-hybridized carbons (Fsp3) is 0.286. The third kappa shape index (κ3) is 4.26. The van der Waals surface area contributed by atoms with E-state index in [9.17, 15) is 14.4 Å². The quantitative estimate of drug-likeness (QED) is 0.606. The maximum Gasteiger partial charge on any atom is 0.316 e. The van der Waals surface area contributed by atoms with Gasteiger partial charge in [-0.3, -0.25) is 14.4 Å². The number of carbonyl (C=O) groups excluding carboxylic acids is 1. The van der Waals surface area contributed by atoms with Crippen molar-refractivity contribution in [3.8, 4) is 0 Å². The van der Waals surface area contributed by atoms with Crippen LogP contribution >= 0.6 is 11.6 Å². The third-order valence-electron chi connectivity index (χ3n) is 4.90. The molecule has 0 spiro atoms. The molecule has 3 rings (SSSR count). The number of H-pyrrole nitrogens is 1. The average molecular weight is 415 g/mol. The molecule has 2 N–H and O–H groups in total. The monoisotopic (exact) mass is 414 g/mol. The Morgan fingerprint density at radius 3 is 2.59 bits per heavy atom. The standard InChI is InChI=1S/C21H23ClN4O3/c1-4-26-17-10-9-13(11-16(17)24-20(28)21(26)29)19(27)23-12-18(25(2)3)14-7-5-6-8-15(14)22/h5-11,18H,4,12H2,1-3H3,(H,23,27)(H,24,28). The van der Waals surface area contributed by atoms with E-state index in [0.29, 0.717) is 34.7 Å². The van der Waals surface area contributed by atoms with Crippen molar-refractivity contribution < 1.29 is 4.79 Å². The molecule has 0 aliphatic carbocycles. The summed E-state index contributed by atoms with van der Waals surface area (Å²) >= 11 is 6.32. The van der Waals surface area contributed by atoms with E-state index >= 15 is 0 Å². The minimum atomic E-state index is -0.705. The molecule has 1 amide bonds. The molecular weight excluding hydrogens is 392 g/mol. The highest BCUT2D eigenvalue weighted by Gasteiger charge is 2.18. The predicted octanol–water partition coefficient (Wildman–Crippen LogP) is 2.40. The van der Waals surface area contributed by atoms with Crippen molar-refractivity contribution in [3.05, 3.63) is 79.3 Å². The second kappa shape index (κ2) is 8.63. The topological polar surface area (TPSA) is 87.2 Å². The van der Waals surface area contributed by atoms with Gasteiger partial charge < -0.3 is 19.8 Å². The van der Waals surface area contributed by atoms with Crippen LogP contribution in [0.2, 0.25) is 5.02 Å². The van der Waals surface area contributed by atoms with Crippen LogP contribution in [-0.4, -0.2) is 41.0 Å². The molecule has 0 saturated heterocycles. The Labute approximate surface area is 172 Å². The zero-order valence-electron chi connectivity index (χ0n) is 16.5. The first-order valence-corrected chi connectivity index (χ1v) is 9.67. The SMILES string of the molecule is CCn1c(=O)c(=O)[nH]c2cc(C(=O)NCC(c3ccccc3Cl)N(C)C)ccc21. The number of carbonyl (C=O) groups is 1. The lowest BCUT2D eigenvalue weighted by molar-refractivity contribution is 0.0942. The van der Waals surface area contributed by atoms with Gasteiger partial charge in [0, 0.05) is 23.7 Å². The summed E-state index contributed by atoms with van der Waals surface area (Å²) in [7, 11) is 3.84. The number of hydrogen-bond donors (Lipinski definition) is 2. The number of hydrogen-bond acceptors (Lipinski definition) is 4. The van der Waals surface area contributed by atoms with Gasteiger partial charge in [0.25, 0.3) is 5.91 Å². The van der Waals surface area contributed by atoms with Crippen LogP contribution in [0.3, 0.4) is 0 Å². The van der Waals surface area contributed by atoms with E-state index < -0.39 is 11.1 Å². The Hall–Kier alpha value is -2.90. The van der Waals surface area contributed by atoms with Gasteiger partial charge in [-0.15, -0.1) is 0 Å². The van der Waals surface area contributed by atoms with Gasteiger partial charge in [0.2, 0.25) is 0 Å². The zero-order chi connectivity index (χ0) is 21.1. The van der Waals surface area contributed by atoms with E-state index in [4.69, 9.17) is 11.6 Å². The number of nitrogens with one attached hydrogen (secondary N) is 2. The first-order chi connectivity index (χ1) is 13.8. The number of benzene rings is 2. The summed E-state index contributed by atoms with van der Waals surface area (Å²) in [5.74, 6) is -0.277. The molecule has 3 aromatic rings. The zero-order valence-corrected chi connectivity index (χ0v) is 17.3. The van der Waals surface area contributed by atoms with Crippen LogP contribution in [-0.2, 0) is 6.54 Å². The number of likely N-dealkylation sites (N-methyl/N-ethyl adjacent to an activating group) is 1. The van der Waals surface area contributed by atoms with E-state index in [1.807, 2.05) is 43.3 Å². The number of fused-ring (bicyclic) bond motifs is 1. The summed E-state index contributed by atoms with van der Waals surface area (Å²) in [6.45, 7) is 2.52. The molecule has 8 heteroatoms. The van der Waals surface area contributed by atoms with Crippen molar-refractivity contribution in [3.63, 3.8) is 0 Å². The van der Waals surface area contributed by atoms with Gasteiger partial charge in [0.1, 0.15) is 0 Å². The van der Waals surface area contributed by atoms with E-state index in [0.717, 1.165) is 5.56 Å². The Kier molecular flexibility index (Phi) is 6.20. The van der Waals surface area contributed by atoms with Crippen LogP contribution in [0.15, 0.2) is 52.1 Å². The van der Waals surface area contributed by atoms with Crippen molar-refractivity contribution in [2.24, 2.45) is 0 Å². The molecule has 1 aromatic heterocycles. The largest absolute Gasteiger partial charge is 0.350 e. The van der Waals surface area contributed by atoms with E-state index in [1.165, 1.54) is 4.57 Å². The summed E-state index contributed by atoms with van der Waals surface area (Å²) in [6, 6.07) is 12.3. The van der Waals surface area contributed by atoms with Crippen LogP contribution in [0.5, 0.6) is 0 Å². The first-order valence-electron chi connectivity index (χ1n) is 9.29. The first kappa shape index (κ1) is 20.8. The lowest BCUT2D eigenvalue weighted by atomic mass is 10.1. The van der Waals surface area contributed by atoms with Gasteiger partial charge in [-0.25, -0.2) is 0 Å². The predicted molar refractivity (Wildman–Crippen MR) is 115 cm³/mol. The molecule has 1 atom stereocenters. The summed E-state index contributed by atoms with van der Waals surface area (Å²) in [6.07, 6.45) is 0. The molecule has 1 heterocycles. The van der Waals surface area contributed by atoms with Gasteiger partial charge >= 0.3 is 11.1 Å².